The molecule has 0 aliphatic carbocycles. The van der Waals surface area contributed by atoms with Gasteiger partial charge in [-0.3, -0.25) is 9.88 Å². The molecule has 19 heavy (non-hydrogen) atoms. The molecular formula is C15H23N3O. The maximum Gasteiger partial charge on any atom is 0.0931 e. The number of hydrogen-bond acceptors (Lipinski definition) is 4. The first-order valence-corrected chi connectivity index (χ1v) is 7.37. The summed E-state index contributed by atoms with van der Waals surface area (Å²) in [4.78, 5) is 9.42. The van der Waals surface area contributed by atoms with Gasteiger partial charge in [-0.2, -0.15) is 0 Å². The van der Waals surface area contributed by atoms with Crippen molar-refractivity contribution in [2.75, 3.05) is 31.1 Å². The van der Waals surface area contributed by atoms with Crippen molar-refractivity contribution in [1.29, 1.82) is 0 Å². The second kappa shape index (κ2) is 5.47. The van der Waals surface area contributed by atoms with E-state index in [1.165, 1.54) is 38.0 Å². The molecule has 0 bridgehead atoms. The van der Waals surface area contributed by atoms with Gasteiger partial charge < -0.3 is 10.0 Å². The van der Waals surface area contributed by atoms with E-state index < -0.39 is 6.10 Å². The third-order valence-electron chi connectivity index (χ3n) is 4.40. The molecule has 2 aliphatic rings. The second-order valence-electron chi connectivity index (χ2n) is 5.75. The van der Waals surface area contributed by atoms with Crippen LogP contribution >= 0.6 is 0 Å². The third kappa shape index (κ3) is 2.74. The lowest BCUT2D eigenvalue weighted by Crippen LogP contribution is -2.54. The first-order chi connectivity index (χ1) is 9.24. The minimum Gasteiger partial charge on any atom is -0.387 e. The molecule has 0 amide bonds. The SMILES string of the molecule is CC(O)c1ccc(N2CCN3CCCCC3C2)cn1. The topological polar surface area (TPSA) is 39.6 Å². The fraction of sp³-hybridized carbons (Fsp3) is 0.667. The number of piperazine rings is 1. The lowest BCUT2D eigenvalue weighted by molar-refractivity contribution is 0.133. The Kier molecular flexibility index (Phi) is 3.71. The summed E-state index contributed by atoms with van der Waals surface area (Å²) in [6, 6.07) is 4.75. The Morgan fingerprint density at radius 3 is 2.89 bits per heavy atom. The number of pyridine rings is 1. The molecule has 1 aromatic rings. The first-order valence-electron chi connectivity index (χ1n) is 7.37. The van der Waals surface area contributed by atoms with Gasteiger partial charge >= 0.3 is 0 Å². The molecule has 2 fully saturated rings. The summed E-state index contributed by atoms with van der Waals surface area (Å²) in [6.07, 6.45) is 5.48. The van der Waals surface area contributed by atoms with Crippen LogP contribution in [0.5, 0.6) is 0 Å². The number of aromatic nitrogens is 1. The number of piperidine rings is 1. The summed E-state index contributed by atoms with van der Waals surface area (Å²) in [5, 5.41) is 9.50. The molecular weight excluding hydrogens is 238 g/mol. The van der Waals surface area contributed by atoms with Gasteiger partial charge in [-0.1, -0.05) is 6.42 Å². The summed E-state index contributed by atoms with van der Waals surface area (Å²) in [5.41, 5.74) is 1.94. The van der Waals surface area contributed by atoms with Gasteiger partial charge in [-0.15, -0.1) is 0 Å². The largest absolute Gasteiger partial charge is 0.387 e. The van der Waals surface area contributed by atoms with Crippen LogP contribution in [0.3, 0.4) is 0 Å². The highest BCUT2D eigenvalue weighted by molar-refractivity contribution is 5.45. The van der Waals surface area contributed by atoms with E-state index in [4.69, 9.17) is 0 Å². The Bertz CT molecular complexity index is 418. The van der Waals surface area contributed by atoms with Crippen LogP contribution < -0.4 is 4.90 Å². The van der Waals surface area contributed by atoms with Crippen LogP contribution in [0, 0.1) is 0 Å². The van der Waals surface area contributed by atoms with Gasteiger partial charge in [-0.05, 0) is 38.4 Å². The molecule has 3 heterocycles. The van der Waals surface area contributed by atoms with Gasteiger partial charge in [0.2, 0.25) is 0 Å². The van der Waals surface area contributed by atoms with Crippen LogP contribution in [-0.4, -0.2) is 47.2 Å². The third-order valence-corrected chi connectivity index (χ3v) is 4.40. The van der Waals surface area contributed by atoms with Crippen LogP contribution in [0.1, 0.15) is 38.0 Å². The van der Waals surface area contributed by atoms with Gasteiger partial charge in [0.05, 0.1) is 23.7 Å². The summed E-state index contributed by atoms with van der Waals surface area (Å²) >= 11 is 0. The van der Waals surface area contributed by atoms with E-state index in [0.717, 1.165) is 24.8 Å². The van der Waals surface area contributed by atoms with E-state index >= 15 is 0 Å². The van der Waals surface area contributed by atoms with Crippen molar-refractivity contribution in [3.63, 3.8) is 0 Å². The van der Waals surface area contributed by atoms with Crippen LogP contribution in [-0.2, 0) is 0 Å². The molecule has 2 atom stereocenters. The Morgan fingerprint density at radius 1 is 1.26 bits per heavy atom. The Morgan fingerprint density at radius 2 is 2.16 bits per heavy atom. The molecule has 4 heteroatoms. The van der Waals surface area contributed by atoms with Gasteiger partial charge in [0.25, 0.3) is 0 Å². The first kappa shape index (κ1) is 12.9. The van der Waals surface area contributed by atoms with Crippen LogP contribution in [0.4, 0.5) is 5.69 Å². The van der Waals surface area contributed by atoms with E-state index in [1.54, 1.807) is 6.92 Å². The molecule has 104 valence electrons. The van der Waals surface area contributed by atoms with Crippen LogP contribution in [0.2, 0.25) is 0 Å². The fourth-order valence-electron chi connectivity index (χ4n) is 3.22. The maximum absolute atomic E-state index is 9.50. The van der Waals surface area contributed by atoms with Gasteiger partial charge in [-0.25, -0.2) is 0 Å². The minimum absolute atomic E-state index is 0.482. The van der Waals surface area contributed by atoms with E-state index in [0.29, 0.717) is 0 Å². The molecule has 0 saturated carbocycles. The predicted molar refractivity (Wildman–Crippen MR) is 76.3 cm³/mol. The van der Waals surface area contributed by atoms with Gasteiger partial charge in [0.15, 0.2) is 0 Å². The lowest BCUT2D eigenvalue weighted by Gasteiger charge is -2.44. The molecule has 1 N–H and O–H groups in total. The standard InChI is InChI=1S/C15H23N3O/c1-12(19)15-6-5-13(10-16-15)18-9-8-17-7-3-2-4-14(17)11-18/h5-6,10,12,14,19H,2-4,7-9,11H2,1H3. The smallest absolute Gasteiger partial charge is 0.0931 e. The molecule has 0 aromatic carbocycles. The zero-order valence-electron chi connectivity index (χ0n) is 11.6. The Hall–Kier alpha value is -1.13. The number of fused-ring (bicyclic) bond motifs is 1. The zero-order chi connectivity index (χ0) is 13.2. The molecule has 1 aromatic heterocycles. The highest BCUT2D eigenvalue weighted by Crippen LogP contribution is 2.25. The van der Waals surface area contributed by atoms with Crippen molar-refractivity contribution in [1.82, 2.24) is 9.88 Å². The number of nitrogens with zero attached hydrogens (tertiary/aromatic N) is 3. The number of anilines is 1. The van der Waals surface area contributed by atoms with Crippen LogP contribution in [0.15, 0.2) is 18.3 Å². The van der Waals surface area contributed by atoms with E-state index in [9.17, 15) is 5.11 Å². The highest BCUT2D eigenvalue weighted by Gasteiger charge is 2.28. The summed E-state index contributed by atoms with van der Waals surface area (Å²) < 4.78 is 0. The lowest BCUT2D eigenvalue weighted by atomic mass is 9.99. The monoisotopic (exact) mass is 261 g/mol. The zero-order valence-corrected chi connectivity index (χ0v) is 11.6. The number of aliphatic hydroxyl groups is 1. The number of aliphatic hydroxyl groups excluding tert-OH is 1. The maximum atomic E-state index is 9.50. The number of hydrogen-bond donors (Lipinski definition) is 1. The van der Waals surface area contributed by atoms with E-state index in [2.05, 4.69) is 20.9 Å². The molecule has 4 nitrogen and oxygen atoms in total. The average molecular weight is 261 g/mol. The van der Waals surface area contributed by atoms with E-state index in [1.807, 2.05) is 12.3 Å². The van der Waals surface area contributed by atoms with Crippen molar-refractivity contribution in [3.05, 3.63) is 24.0 Å². The molecule has 0 radical (unpaired) electrons. The van der Waals surface area contributed by atoms with Crippen molar-refractivity contribution in [2.24, 2.45) is 0 Å². The van der Waals surface area contributed by atoms with E-state index in [-0.39, 0.29) is 0 Å². The fourth-order valence-corrected chi connectivity index (χ4v) is 3.22. The van der Waals surface area contributed by atoms with Crippen molar-refractivity contribution >= 4 is 5.69 Å². The molecule has 2 saturated heterocycles. The molecule has 2 unspecified atom stereocenters. The summed E-state index contributed by atoms with van der Waals surface area (Å²) in [6.45, 7) is 6.41. The Labute approximate surface area is 115 Å². The molecule has 3 rings (SSSR count). The predicted octanol–water partition coefficient (Wildman–Crippen LogP) is 1.81. The Balaban J connectivity index is 1.69. The normalized spacial score (nSPS) is 26.0. The average Bonchev–Trinajstić information content (AvgIpc) is 2.47. The summed E-state index contributed by atoms with van der Waals surface area (Å²) in [5.74, 6) is 0. The van der Waals surface area contributed by atoms with Crippen molar-refractivity contribution in [3.8, 4) is 0 Å². The minimum atomic E-state index is -0.482. The quantitative estimate of drug-likeness (QED) is 0.881. The number of rotatable bonds is 2. The second-order valence-corrected chi connectivity index (χ2v) is 5.75. The van der Waals surface area contributed by atoms with Gasteiger partial charge in [0, 0.05) is 25.7 Å². The molecule has 2 aliphatic heterocycles. The summed E-state index contributed by atoms with van der Waals surface area (Å²) in [7, 11) is 0. The van der Waals surface area contributed by atoms with Gasteiger partial charge in [0.1, 0.15) is 0 Å². The van der Waals surface area contributed by atoms with Crippen molar-refractivity contribution < 1.29 is 5.11 Å². The molecule has 0 spiro atoms. The van der Waals surface area contributed by atoms with Crippen LogP contribution in [0.25, 0.3) is 0 Å². The highest BCUT2D eigenvalue weighted by atomic mass is 16.3. The van der Waals surface area contributed by atoms with Crippen molar-refractivity contribution in [2.45, 2.75) is 38.3 Å².